The van der Waals surface area contributed by atoms with E-state index in [1.807, 2.05) is 12.4 Å². The molecule has 2 heteroatoms. The first kappa shape index (κ1) is 12.2. The quantitative estimate of drug-likeness (QED) is 0.638. The number of hydrogen-bond acceptors (Lipinski definition) is 2. The smallest absolute Gasteiger partial charge is 0.0586 e. The van der Waals surface area contributed by atoms with Crippen molar-refractivity contribution < 1.29 is 0 Å². The van der Waals surface area contributed by atoms with Gasteiger partial charge in [0.1, 0.15) is 0 Å². The number of unbranched alkanes of at least 4 members (excludes halogenated alkanes) is 3. The third kappa shape index (κ3) is 4.91. The molecule has 0 unspecified atom stereocenters. The van der Waals surface area contributed by atoms with Gasteiger partial charge in [0.2, 0.25) is 0 Å². The Kier molecular flexibility index (Phi) is 5.98. The zero-order valence-electron chi connectivity index (χ0n) is 9.71. The standard InChI is InChI=1S/C13H21N2/c1-3-5-7-9-13-11-14-12(10-15-13)8-6-4-2/h10-11H,1,3-9H2,2H3. The lowest BCUT2D eigenvalue weighted by Gasteiger charge is -2.01. The Labute approximate surface area is 93.2 Å². The Morgan fingerprint density at radius 3 is 2.07 bits per heavy atom. The van der Waals surface area contributed by atoms with Gasteiger partial charge < -0.3 is 0 Å². The highest BCUT2D eigenvalue weighted by atomic mass is 14.8. The second kappa shape index (κ2) is 7.38. The van der Waals surface area contributed by atoms with Gasteiger partial charge in [0, 0.05) is 12.4 Å². The highest BCUT2D eigenvalue weighted by Gasteiger charge is 1.97. The summed E-state index contributed by atoms with van der Waals surface area (Å²) in [5.74, 6) is 0. The van der Waals surface area contributed by atoms with Gasteiger partial charge in [-0.2, -0.15) is 0 Å². The van der Waals surface area contributed by atoms with Crippen molar-refractivity contribution in [3.8, 4) is 0 Å². The second-order valence-corrected chi connectivity index (χ2v) is 3.91. The summed E-state index contributed by atoms with van der Waals surface area (Å²) in [4.78, 5) is 8.84. The highest BCUT2D eigenvalue weighted by molar-refractivity contribution is 5.02. The molecule has 0 saturated heterocycles. The summed E-state index contributed by atoms with van der Waals surface area (Å²) in [7, 11) is 0. The van der Waals surface area contributed by atoms with Crippen LogP contribution in [0.5, 0.6) is 0 Å². The van der Waals surface area contributed by atoms with Crippen LogP contribution in [0.4, 0.5) is 0 Å². The van der Waals surface area contributed by atoms with E-state index < -0.39 is 0 Å². The maximum absolute atomic E-state index is 4.42. The van der Waals surface area contributed by atoms with E-state index in [-0.39, 0.29) is 0 Å². The number of rotatable bonds is 7. The van der Waals surface area contributed by atoms with Crippen LogP contribution < -0.4 is 0 Å². The zero-order chi connectivity index (χ0) is 10.9. The first-order valence-corrected chi connectivity index (χ1v) is 5.96. The van der Waals surface area contributed by atoms with Crippen molar-refractivity contribution in [1.82, 2.24) is 9.97 Å². The van der Waals surface area contributed by atoms with Gasteiger partial charge in [-0.3, -0.25) is 9.97 Å². The van der Waals surface area contributed by atoms with Gasteiger partial charge in [-0.25, -0.2) is 0 Å². The molecule has 0 aliphatic carbocycles. The molecule has 1 rings (SSSR count). The molecule has 0 fully saturated rings. The lowest BCUT2D eigenvalue weighted by Crippen LogP contribution is -1.96. The van der Waals surface area contributed by atoms with Crippen LogP contribution in [-0.2, 0) is 12.8 Å². The molecule has 1 aromatic heterocycles. The molecular formula is C13H21N2. The van der Waals surface area contributed by atoms with Crippen molar-refractivity contribution in [2.45, 2.75) is 51.9 Å². The molecule has 15 heavy (non-hydrogen) atoms. The fourth-order valence-corrected chi connectivity index (χ4v) is 1.48. The van der Waals surface area contributed by atoms with Gasteiger partial charge in [0.05, 0.1) is 11.4 Å². The molecule has 0 N–H and O–H groups in total. The van der Waals surface area contributed by atoms with Crippen LogP contribution in [0.25, 0.3) is 0 Å². The Morgan fingerprint density at radius 1 is 1.00 bits per heavy atom. The maximum Gasteiger partial charge on any atom is 0.0586 e. The maximum atomic E-state index is 4.42. The summed E-state index contributed by atoms with van der Waals surface area (Å²) in [6, 6.07) is 0. The lowest BCUT2D eigenvalue weighted by molar-refractivity contribution is 0.722. The van der Waals surface area contributed by atoms with E-state index in [1.165, 1.54) is 25.7 Å². The van der Waals surface area contributed by atoms with Crippen LogP contribution in [0.15, 0.2) is 12.4 Å². The van der Waals surface area contributed by atoms with Gasteiger partial charge in [-0.05, 0) is 25.7 Å². The molecule has 0 spiro atoms. The van der Waals surface area contributed by atoms with Gasteiger partial charge >= 0.3 is 0 Å². The van der Waals surface area contributed by atoms with Gasteiger partial charge in [0.25, 0.3) is 0 Å². The van der Waals surface area contributed by atoms with Crippen LogP contribution >= 0.6 is 0 Å². The molecule has 83 valence electrons. The monoisotopic (exact) mass is 205 g/mol. The normalized spacial score (nSPS) is 10.5. The van der Waals surface area contributed by atoms with Crippen molar-refractivity contribution in [2.75, 3.05) is 0 Å². The molecule has 0 aliphatic heterocycles. The Morgan fingerprint density at radius 2 is 1.60 bits per heavy atom. The highest BCUT2D eigenvalue weighted by Crippen LogP contribution is 2.05. The number of aromatic nitrogens is 2. The van der Waals surface area contributed by atoms with Crippen molar-refractivity contribution in [1.29, 1.82) is 0 Å². The van der Waals surface area contributed by atoms with E-state index in [2.05, 4.69) is 23.8 Å². The summed E-state index contributed by atoms with van der Waals surface area (Å²) in [5, 5.41) is 0. The van der Waals surface area contributed by atoms with E-state index in [9.17, 15) is 0 Å². The Bertz CT molecular complexity index is 254. The summed E-state index contributed by atoms with van der Waals surface area (Å²) in [6.07, 6.45) is 11.7. The molecule has 0 bridgehead atoms. The van der Waals surface area contributed by atoms with E-state index in [0.29, 0.717) is 0 Å². The number of hydrogen-bond donors (Lipinski definition) is 0. The predicted octanol–water partition coefficient (Wildman–Crippen LogP) is 3.37. The van der Waals surface area contributed by atoms with Crippen LogP contribution in [-0.4, -0.2) is 9.97 Å². The predicted molar refractivity (Wildman–Crippen MR) is 63.6 cm³/mol. The second-order valence-electron chi connectivity index (χ2n) is 3.91. The summed E-state index contributed by atoms with van der Waals surface area (Å²) >= 11 is 0. The first-order valence-electron chi connectivity index (χ1n) is 5.96. The van der Waals surface area contributed by atoms with E-state index in [1.54, 1.807) is 0 Å². The minimum Gasteiger partial charge on any atom is -0.258 e. The minimum atomic E-state index is 1.02. The molecule has 0 saturated carbocycles. The average molecular weight is 205 g/mol. The van der Waals surface area contributed by atoms with Crippen LogP contribution in [0.1, 0.15) is 50.4 Å². The molecular weight excluding hydrogens is 184 g/mol. The van der Waals surface area contributed by atoms with Gasteiger partial charge in [-0.1, -0.05) is 33.1 Å². The Hall–Kier alpha value is -0.920. The largest absolute Gasteiger partial charge is 0.258 e. The molecule has 1 aromatic rings. The van der Waals surface area contributed by atoms with Gasteiger partial charge in [-0.15, -0.1) is 0 Å². The van der Waals surface area contributed by atoms with E-state index in [0.717, 1.165) is 30.7 Å². The van der Waals surface area contributed by atoms with Crippen LogP contribution in [0.3, 0.4) is 0 Å². The molecule has 2 nitrogen and oxygen atoms in total. The van der Waals surface area contributed by atoms with Crippen LogP contribution in [0, 0.1) is 6.92 Å². The van der Waals surface area contributed by atoms with Crippen LogP contribution in [0.2, 0.25) is 0 Å². The first-order chi connectivity index (χ1) is 7.36. The Balaban J connectivity index is 2.35. The third-order valence-electron chi connectivity index (χ3n) is 2.48. The fraction of sp³-hybridized carbons (Fsp3) is 0.615. The van der Waals surface area contributed by atoms with Crippen molar-refractivity contribution >= 4 is 0 Å². The zero-order valence-corrected chi connectivity index (χ0v) is 9.71. The minimum absolute atomic E-state index is 1.02. The van der Waals surface area contributed by atoms with Crippen molar-refractivity contribution in [3.63, 3.8) is 0 Å². The molecule has 0 aromatic carbocycles. The summed E-state index contributed by atoms with van der Waals surface area (Å²) in [5.41, 5.74) is 2.24. The molecule has 0 atom stereocenters. The van der Waals surface area contributed by atoms with Crippen molar-refractivity contribution in [3.05, 3.63) is 30.7 Å². The number of aryl methyl sites for hydroxylation is 2. The summed E-state index contributed by atoms with van der Waals surface area (Å²) in [6.45, 7) is 6.02. The molecule has 1 radical (unpaired) electrons. The fourth-order valence-electron chi connectivity index (χ4n) is 1.48. The SMILES string of the molecule is [CH2]CCCCc1cnc(CCCC)cn1. The average Bonchev–Trinajstić information content (AvgIpc) is 2.28. The lowest BCUT2D eigenvalue weighted by atomic mass is 10.1. The van der Waals surface area contributed by atoms with E-state index >= 15 is 0 Å². The molecule has 1 heterocycles. The molecule has 0 amide bonds. The summed E-state index contributed by atoms with van der Waals surface area (Å²) < 4.78 is 0. The van der Waals surface area contributed by atoms with E-state index in [4.69, 9.17) is 0 Å². The molecule has 0 aliphatic rings. The number of nitrogens with zero attached hydrogens (tertiary/aromatic N) is 2. The van der Waals surface area contributed by atoms with Gasteiger partial charge in [0.15, 0.2) is 0 Å². The topological polar surface area (TPSA) is 25.8 Å². The van der Waals surface area contributed by atoms with Crippen molar-refractivity contribution in [2.24, 2.45) is 0 Å². The third-order valence-corrected chi connectivity index (χ3v) is 2.48.